The van der Waals surface area contributed by atoms with Crippen LogP contribution >= 0.6 is 0 Å². The lowest BCUT2D eigenvalue weighted by Crippen LogP contribution is -2.45. The third kappa shape index (κ3) is 8.84. The lowest BCUT2D eigenvalue weighted by atomic mass is 9.96. The molecule has 3 nitrogen and oxygen atoms in total. The van der Waals surface area contributed by atoms with Gasteiger partial charge in [0, 0.05) is 19.5 Å². The Morgan fingerprint density at radius 2 is 1.74 bits per heavy atom. The second-order valence-corrected chi connectivity index (χ2v) is 4.87. The summed E-state index contributed by atoms with van der Waals surface area (Å²) in [5.41, 5.74) is -0.877. The van der Waals surface area contributed by atoms with Gasteiger partial charge in [-0.3, -0.25) is 5.32 Å². The summed E-state index contributed by atoms with van der Waals surface area (Å²) in [6.07, 6.45) is -4.79. The van der Waals surface area contributed by atoms with E-state index in [0.717, 1.165) is 19.6 Å². The zero-order chi connectivity index (χ0) is 14.9. The minimum absolute atomic E-state index is 0.0220. The quantitative estimate of drug-likeness (QED) is 0.705. The van der Waals surface area contributed by atoms with Gasteiger partial charge in [-0.15, -0.1) is 0 Å². The average Bonchev–Trinajstić information content (AvgIpc) is 2.33. The maximum Gasteiger partial charge on any atom is 0.389 e. The van der Waals surface area contributed by atoms with E-state index in [1.165, 1.54) is 0 Å². The van der Waals surface area contributed by atoms with E-state index < -0.39 is 18.1 Å². The molecule has 0 amide bonds. The molecule has 1 N–H and O–H groups in total. The number of hydrogen-bond acceptors (Lipinski definition) is 3. The Labute approximate surface area is 113 Å². The Bertz CT molecular complexity index is 282. The van der Waals surface area contributed by atoms with Gasteiger partial charge >= 0.3 is 6.18 Å². The van der Waals surface area contributed by atoms with Gasteiger partial charge in [0.15, 0.2) is 0 Å². The highest BCUT2D eigenvalue weighted by atomic mass is 19.4. The number of likely N-dealkylation sites (N-methyl/N-ethyl adjacent to an activating group) is 1. The van der Waals surface area contributed by atoms with Crippen LogP contribution in [0.4, 0.5) is 13.2 Å². The van der Waals surface area contributed by atoms with E-state index in [2.05, 4.69) is 30.1 Å². The van der Waals surface area contributed by atoms with Gasteiger partial charge in [0.2, 0.25) is 0 Å². The molecule has 0 heterocycles. The minimum Gasteiger partial charge on any atom is -0.303 e. The molecule has 0 fully saturated rings. The van der Waals surface area contributed by atoms with Crippen LogP contribution in [0, 0.1) is 11.3 Å². The molecule has 0 radical (unpaired) electrons. The van der Waals surface area contributed by atoms with Gasteiger partial charge in [0.25, 0.3) is 0 Å². The summed E-state index contributed by atoms with van der Waals surface area (Å²) >= 11 is 0. The molecular weight excluding hydrogens is 255 g/mol. The van der Waals surface area contributed by atoms with Crippen LogP contribution in [0.2, 0.25) is 0 Å². The average molecular weight is 279 g/mol. The first-order valence-corrected chi connectivity index (χ1v) is 6.71. The van der Waals surface area contributed by atoms with E-state index in [1.54, 1.807) is 6.92 Å². The minimum atomic E-state index is -4.14. The molecule has 0 aliphatic heterocycles. The standard InChI is InChI=1S/C13H24F3N3/c1-4-19(5-2)10-9-18-12(3,11-17)7-6-8-13(14,15)16/h18H,4-10H2,1-3H3. The summed E-state index contributed by atoms with van der Waals surface area (Å²) in [7, 11) is 0. The molecule has 0 saturated carbocycles. The summed E-state index contributed by atoms with van der Waals surface area (Å²) in [5.74, 6) is 0. The van der Waals surface area contributed by atoms with Gasteiger partial charge in [-0.2, -0.15) is 18.4 Å². The number of alkyl halides is 3. The zero-order valence-corrected chi connectivity index (χ0v) is 12.0. The molecule has 1 atom stereocenters. The van der Waals surface area contributed by atoms with Crippen molar-refractivity contribution in [2.24, 2.45) is 0 Å². The molecule has 0 rings (SSSR count). The Kier molecular flexibility index (Phi) is 8.03. The molecule has 0 bridgehead atoms. The van der Waals surface area contributed by atoms with Crippen molar-refractivity contribution in [3.63, 3.8) is 0 Å². The zero-order valence-electron chi connectivity index (χ0n) is 12.0. The maximum absolute atomic E-state index is 12.1. The van der Waals surface area contributed by atoms with E-state index in [4.69, 9.17) is 5.26 Å². The van der Waals surface area contributed by atoms with E-state index in [-0.39, 0.29) is 12.8 Å². The third-order valence-electron chi connectivity index (χ3n) is 3.22. The molecule has 0 spiro atoms. The SMILES string of the molecule is CCN(CC)CCNC(C)(C#N)CCCC(F)(F)F. The number of nitrogens with one attached hydrogen (secondary N) is 1. The van der Waals surface area contributed by atoms with E-state index >= 15 is 0 Å². The van der Waals surface area contributed by atoms with Crippen LogP contribution < -0.4 is 5.32 Å². The first kappa shape index (κ1) is 18.2. The van der Waals surface area contributed by atoms with Gasteiger partial charge in [0.05, 0.1) is 6.07 Å². The first-order chi connectivity index (χ1) is 8.76. The van der Waals surface area contributed by atoms with Crippen molar-refractivity contribution in [1.29, 1.82) is 5.26 Å². The Morgan fingerprint density at radius 3 is 2.16 bits per heavy atom. The fourth-order valence-corrected chi connectivity index (χ4v) is 1.86. The Morgan fingerprint density at radius 1 is 1.16 bits per heavy atom. The van der Waals surface area contributed by atoms with Gasteiger partial charge in [-0.1, -0.05) is 13.8 Å². The molecular formula is C13H24F3N3. The largest absolute Gasteiger partial charge is 0.389 e. The first-order valence-electron chi connectivity index (χ1n) is 6.71. The number of nitriles is 1. The third-order valence-corrected chi connectivity index (χ3v) is 3.22. The molecule has 6 heteroatoms. The number of nitrogens with zero attached hydrogens (tertiary/aromatic N) is 2. The smallest absolute Gasteiger partial charge is 0.303 e. The van der Waals surface area contributed by atoms with Gasteiger partial charge < -0.3 is 4.90 Å². The van der Waals surface area contributed by atoms with Crippen molar-refractivity contribution in [2.45, 2.75) is 51.7 Å². The molecule has 0 aliphatic carbocycles. The molecule has 112 valence electrons. The highest BCUT2D eigenvalue weighted by Crippen LogP contribution is 2.24. The van der Waals surface area contributed by atoms with E-state index in [9.17, 15) is 13.2 Å². The summed E-state index contributed by atoms with van der Waals surface area (Å²) in [6.45, 7) is 9.02. The second kappa shape index (κ2) is 8.39. The van der Waals surface area contributed by atoms with Gasteiger partial charge in [0.1, 0.15) is 5.54 Å². The fourth-order valence-electron chi connectivity index (χ4n) is 1.86. The molecule has 0 aromatic carbocycles. The van der Waals surface area contributed by atoms with Crippen molar-refractivity contribution < 1.29 is 13.2 Å². The lowest BCUT2D eigenvalue weighted by Gasteiger charge is -2.26. The van der Waals surface area contributed by atoms with Gasteiger partial charge in [-0.25, -0.2) is 0 Å². The summed E-state index contributed by atoms with van der Waals surface area (Å²) < 4.78 is 36.2. The van der Waals surface area contributed by atoms with Gasteiger partial charge in [-0.05, 0) is 32.9 Å². The lowest BCUT2D eigenvalue weighted by molar-refractivity contribution is -0.136. The van der Waals surface area contributed by atoms with E-state index in [1.807, 2.05) is 0 Å². The Balaban J connectivity index is 4.06. The number of halogens is 3. The van der Waals surface area contributed by atoms with Crippen LogP contribution in [0.15, 0.2) is 0 Å². The number of hydrogen-bond donors (Lipinski definition) is 1. The molecule has 0 saturated heterocycles. The predicted octanol–water partition coefficient (Wildman–Crippen LogP) is 2.93. The van der Waals surface area contributed by atoms with Crippen LogP contribution in [0.3, 0.4) is 0 Å². The van der Waals surface area contributed by atoms with Crippen LogP contribution in [0.25, 0.3) is 0 Å². The van der Waals surface area contributed by atoms with Crippen LogP contribution in [0.5, 0.6) is 0 Å². The van der Waals surface area contributed by atoms with E-state index in [0.29, 0.717) is 6.54 Å². The summed E-state index contributed by atoms with van der Waals surface area (Å²) in [6, 6.07) is 2.08. The summed E-state index contributed by atoms with van der Waals surface area (Å²) in [4.78, 5) is 2.19. The highest BCUT2D eigenvalue weighted by Gasteiger charge is 2.29. The molecule has 1 unspecified atom stereocenters. The molecule has 0 aliphatic rings. The van der Waals surface area contributed by atoms with Crippen LogP contribution in [-0.4, -0.2) is 42.8 Å². The van der Waals surface area contributed by atoms with Crippen molar-refractivity contribution in [3.8, 4) is 6.07 Å². The highest BCUT2D eigenvalue weighted by molar-refractivity contribution is 5.03. The number of rotatable bonds is 9. The van der Waals surface area contributed by atoms with Crippen molar-refractivity contribution in [2.75, 3.05) is 26.2 Å². The fraction of sp³-hybridized carbons (Fsp3) is 0.923. The molecule has 0 aromatic heterocycles. The maximum atomic E-state index is 12.1. The van der Waals surface area contributed by atoms with Crippen LogP contribution in [-0.2, 0) is 0 Å². The Hall–Kier alpha value is -0.800. The monoisotopic (exact) mass is 279 g/mol. The molecule has 0 aromatic rings. The topological polar surface area (TPSA) is 39.1 Å². The summed E-state index contributed by atoms with van der Waals surface area (Å²) in [5, 5.41) is 12.1. The van der Waals surface area contributed by atoms with Crippen molar-refractivity contribution >= 4 is 0 Å². The molecule has 19 heavy (non-hydrogen) atoms. The van der Waals surface area contributed by atoms with Crippen molar-refractivity contribution in [1.82, 2.24) is 10.2 Å². The normalized spacial score (nSPS) is 15.3. The van der Waals surface area contributed by atoms with Crippen LogP contribution in [0.1, 0.15) is 40.0 Å². The van der Waals surface area contributed by atoms with Crippen molar-refractivity contribution in [3.05, 3.63) is 0 Å². The second-order valence-electron chi connectivity index (χ2n) is 4.87. The predicted molar refractivity (Wildman–Crippen MR) is 69.7 cm³/mol.